The van der Waals surface area contributed by atoms with Gasteiger partial charge in [0.05, 0.1) is 18.1 Å². The van der Waals surface area contributed by atoms with Crippen LogP contribution >= 0.6 is 0 Å². The van der Waals surface area contributed by atoms with Crippen LogP contribution in [0.3, 0.4) is 0 Å². The molecule has 4 aromatic rings. The van der Waals surface area contributed by atoms with Crippen LogP contribution in [0.4, 0.5) is 17.6 Å². The van der Waals surface area contributed by atoms with Crippen LogP contribution < -0.4 is 14.9 Å². The fourth-order valence-corrected chi connectivity index (χ4v) is 3.17. The van der Waals surface area contributed by atoms with Crippen LogP contribution in [0.2, 0.25) is 0 Å². The van der Waals surface area contributed by atoms with E-state index in [1.165, 1.54) is 67.8 Å². The van der Waals surface area contributed by atoms with Crippen molar-refractivity contribution in [2.24, 2.45) is 0 Å². The number of carbonyl (C=O) groups excluding carboxylic acids is 1. The Balaban J connectivity index is 1.68. The van der Waals surface area contributed by atoms with E-state index >= 15 is 0 Å². The second kappa shape index (κ2) is 9.49. The predicted molar refractivity (Wildman–Crippen MR) is 116 cm³/mol. The Morgan fingerprint density at radius 3 is 2.23 bits per heavy atom. The maximum Gasteiger partial charge on any atom is 0.453 e. The second-order valence-electron chi connectivity index (χ2n) is 7.28. The van der Waals surface area contributed by atoms with Gasteiger partial charge < -0.3 is 18.6 Å². The average molecular weight is 488 g/mol. The normalized spacial score (nSPS) is 11.3. The van der Waals surface area contributed by atoms with E-state index in [4.69, 9.17) is 13.9 Å². The van der Waals surface area contributed by atoms with E-state index in [1.807, 2.05) is 0 Å². The molecule has 0 N–H and O–H groups in total. The number of benzene rings is 3. The molecule has 0 unspecified atom stereocenters. The maximum absolute atomic E-state index is 13.7. The number of rotatable bonds is 6. The van der Waals surface area contributed by atoms with Gasteiger partial charge in [-0.3, -0.25) is 4.79 Å². The van der Waals surface area contributed by atoms with Crippen molar-refractivity contribution in [2.75, 3.05) is 7.11 Å². The van der Waals surface area contributed by atoms with Gasteiger partial charge in [-0.25, -0.2) is 9.18 Å². The molecule has 0 atom stereocenters. The number of hydrogen-bond donors (Lipinski definition) is 0. The van der Waals surface area contributed by atoms with Crippen molar-refractivity contribution in [3.63, 3.8) is 0 Å². The Hall–Kier alpha value is -4.34. The van der Waals surface area contributed by atoms with E-state index in [0.717, 1.165) is 6.07 Å². The lowest BCUT2D eigenvalue weighted by Crippen LogP contribution is -2.15. The molecule has 4 rings (SSSR count). The van der Waals surface area contributed by atoms with Crippen molar-refractivity contribution in [3.05, 3.63) is 99.7 Å². The van der Waals surface area contributed by atoms with Crippen molar-refractivity contribution in [3.8, 4) is 17.2 Å². The van der Waals surface area contributed by atoms with Crippen LogP contribution in [0, 0.1) is 5.82 Å². The highest BCUT2D eigenvalue weighted by atomic mass is 19.4. The van der Waals surface area contributed by atoms with Crippen LogP contribution in [0.25, 0.3) is 11.0 Å². The van der Waals surface area contributed by atoms with Gasteiger partial charge in [0, 0.05) is 6.07 Å². The molecule has 0 aliphatic rings. The molecule has 0 saturated carbocycles. The molecule has 6 nitrogen and oxygen atoms in total. The number of ether oxygens (including phenoxy) is 3. The lowest BCUT2D eigenvalue weighted by Gasteiger charge is -2.14. The van der Waals surface area contributed by atoms with E-state index in [0.29, 0.717) is 5.56 Å². The minimum atomic E-state index is -5.04. The van der Waals surface area contributed by atoms with Gasteiger partial charge in [-0.05, 0) is 54.1 Å². The number of halogens is 4. The van der Waals surface area contributed by atoms with E-state index < -0.39 is 34.9 Å². The van der Waals surface area contributed by atoms with Crippen molar-refractivity contribution in [1.29, 1.82) is 0 Å². The summed E-state index contributed by atoms with van der Waals surface area (Å²) in [5.41, 5.74) is -0.617. The number of fused-ring (bicyclic) bond motifs is 1. The van der Waals surface area contributed by atoms with Crippen molar-refractivity contribution in [1.82, 2.24) is 0 Å². The third-order valence-electron chi connectivity index (χ3n) is 4.89. The summed E-state index contributed by atoms with van der Waals surface area (Å²) < 4.78 is 74.6. The maximum atomic E-state index is 13.7. The molecule has 0 amide bonds. The first-order valence-corrected chi connectivity index (χ1v) is 10.1. The molecule has 1 aromatic heterocycles. The fourth-order valence-electron chi connectivity index (χ4n) is 3.17. The summed E-state index contributed by atoms with van der Waals surface area (Å²) in [7, 11) is 1.18. The zero-order valence-electron chi connectivity index (χ0n) is 18.0. The van der Waals surface area contributed by atoms with Crippen LogP contribution in [0.15, 0.2) is 75.9 Å². The first kappa shape index (κ1) is 23.8. The van der Waals surface area contributed by atoms with E-state index in [9.17, 15) is 27.2 Å². The predicted octanol–water partition coefficient (Wildman–Crippen LogP) is 6.11. The zero-order chi connectivity index (χ0) is 25.2. The number of carbonyl (C=O) groups is 1. The first-order chi connectivity index (χ1) is 16.7. The van der Waals surface area contributed by atoms with Gasteiger partial charge in [0.2, 0.25) is 11.2 Å². The van der Waals surface area contributed by atoms with Crippen LogP contribution in [0.5, 0.6) is 17.2 Å². The standard InChI is InChI=1S/C25H16F4O6/c1-32-24(31)15-4-8-17(9-5-15)34-22-21(30)19-11-10-18(12-20(19)35-23(22)25(27,28)29)33-13-14-2-6-16(26)7-3-14/h2-12H,13H2,1H3. The Morgan fingerprint density at radius 2 is 1.60 bits per heavy atom. The highest BCUT2D eigenvalue weighted by Crippen LogP contribution is 2.38. The summed E-state index contributed by atoms with van der Waals surface area (Å²) in [6, 6.07) is 14.3. The van der Waals surface area contributed by atoms with E-state index in [1.54, 1.807) is 0 Å². The van der Waals surface area contributed by atoms with Gasteiger partial charge in [-0.15, -0.1) is 0 Å². The molecular weight excluding hydrogens is 472 g/mol. The third-order valence-corrected chi connectivity index (χ3v) is 4.89. The van der Waals surface area contributed by atoms with Gasteiger partial charge in [0.1, 0.15) is 29.5 Å². The Morgan fingerprint density at radius 1 is 0.943 bits per heavy atom. The first-order valence-electron chi connectivity index (χ1n) is 10.1. The topological polar surface area (TPSA) is 75.0 Å². The summed E-state index contributed by atoms with van der Waals surface area (Å²) in [5, 5.41) is -0.159. The summed E-state index contributed by atoms with van der Waals surface area (Å²) in [6.07, 6.45) is -5.04. The minimum absolute atomic E-state index is 0.0188. The molecule has 180 valence electrons. The average Bonchev–Trinajstić information content (AvgIpc) is 2.84. The minimum Gasteiger partial charge on any atom is -0.489 e. The van der Waals surface area contributed by atoms with E-state index in [-0.39, 0.29) is 34.6 Å². The van der Waals surface area contributed by atoms with Gasteiger partial charge in [0.25, 0.3) is 5.76 Å². The number of alkyl halides is 3. The summed E-state index contributed by atoms with van der Waals surface area (Å²) >= 11 is 0. The monoisotopic (exact) mass is 488 g/mol. The molecule has 0 aliphatic carbocycles. The third kappa shape index (κ3) is 5.26. The van der Waals surface area contributed by atoms with Crippen molar-refractivity contribution < 1.29 is 41.0 Å². The van der Waals surface area contributed by atoms with Crippen molar-refractivity contribution >= 4 is 16.9 Å². The number of methoxy groups -OCH3 is 1. The molecule has 0 saturated heterocycles. The highest BCUT2D eigenvalue weighted by molar-refractivity contribution is 5.89. The summed E-state index contributed by atoms with van der Waals surface area (Å²) in [4.78, 5) is 24.4. The zero-order valence-corrected chi connectivity index (χ0v) is 18.0. The van der Waals surface area contributed by atoms with Gasteiger partial charge >= 0.3 is 12.1 Å². The molecule has 0 fully saturated rings. The fraction of sp³-hybridized carbons (Fsp3) is 0.120. The molecule has 0 bridgehead atoms. The van der Waals surface area contributed by atoms with Gasteiger partial charge in [-0.2, -0.15) is 13.2 Å². The lowest BCUT2D eigenvalue weighted by atomic mass is 10.2. The van der Waals surface area contributed by atoms with Crippen molar-refractivity contribution in [2.45, 2.75) is 12.8 Å². The number of esters is 1. The smallest absolute Gasteiger partial charge is 0.453 e. The molecule has 0 aliphatic heterocycles. The summed E-state index contributed by atoms with van der Waals surface area (Å²) in [6.45, 7) is 0.0188. The van der Waals surface area contributed by atoms with Gasteiger partial charge in [0.15, 0.2) is 0 Å². The van der Waals surface area contributed by atoms with Crippen LogP contribution in [0.1, 0.15) is 21.7 Å². The number of hydrogen-bond acceptors (Lipinski definition) is 6. The molecule has 10 heteroatoms. The van der Waals surface area contributed by atoms with Crippen LogP contribution in [-0.2, 0) is 17.5 Å². The molecule has 35 heavy (non-hydrogen) atoms. The quantitative estimate of drug-likeness (QED) is 0.241. The SMILES string of the molecule is COC(=O)c1ccc(Oc2c(C(F)(F)F)oc3cc(OCc4ccc(F)cc4)ccc3c2=O)cc1. The molecular formula is C25H16F4O6. The second-order valence-corrected chi connectivity index (χ2v) is 7.28. The van der Waals surface area contributed by atoms with Crippen LogP contribution in [-0.4, -0.2) is 13.1 Å². The Kier molecular flexibility index (Phi) is 6.46. The molecule has 0 radical (unpaired) electrons. The Labute approximate surface area is 195 Å². The molecule has 1 heterocycles. The van der Waals surface area contributed by atoms with Gasteiger partial charge in [-0.1, -0.05) is 12.1 Å². The summed E-state index contributed by atoms with van der Waals surface area (Å²) in [5.74, 6) is -3.70. The lowest BCUT2D eigenvalue weighted by molar-refractivity contribution is -0.154. The molecule has 3 aromatic carbocycles. The largest absolute Gasteiger partial charge is 0.489 e. The Bertz CT molecular complexity index is 1420. The van der Waals surface area contributed by atoms with E-state index in [2.05, 4.69) is 4.74 Å². The molecule has 0 spiro atoms. The highest BCUT2D eigenvalue weighted by Gasteiger charge is 2.40.